The molecule has 1 nitrogen and oxygen atoms in total. The van der Waals surface area contributed by atoms with Crippen molar-refractivity contribution in [1.29, 1.82) is 0 Å². The zero-order valence-electron chi connectivity index (χ0n) is 9.56. The van der Waals surface area contributed by atoms with Crippen LogP contribution >= 0.6 is 11.8 Å². The first-order valence-corrected chi connectivity index (χ1v) is 7.19. The van der Waals surface area contributed by atoms with Crippen molar-refractivity contribution in [3.63, 3.8) is 0 Å². The Hall–Kier alpha value is -0.470. The summed E-state index contributed by atoms with van der Waals surface area (Å²) in [4.78, 5) is 1.51. The molecule has 86 valence electrons. The van der Waals surface area contributed by atoms with Crippen molar-refractivity contribution in [3.05, 3.63) is 29.8 Å². The van der Waals surface area contributed by atoms with E-state index in [1.807, 2.05) is 0 Å². The Kier molecular flexibility index (Phi) is 2.95. The second-order valence-electron chi connectivity index (χ2n) is 5.12. The molecule has 0 saturated heterocycles. The van der Waals surface area contributed by atoms with E-state index in [1.165, 1.54) is 30.6 Å². The van der Waals surface area contributed by atoms with Crippen LogP contribution in [0.5, 0.6) is 0 Å². The van der Waals surface area contributed by atoms with Gasteiger partial charge in [-0.15, -0.1) is 11.8 Å². The minimum atomic E-state index is 0.816. The lowest BCUT2D eigenvalue weighted by atomic mass is 9.71. The molecule has 16 heavy (non-hydrogen) atoms. The Morgan fingerprint density at radius 2 is 2.00 bits per heavy atom. The highest BCUT2D eigenvalue weighted by Gasteiger charge is 2.33. The van der Waals surface area contributed by atoms with Gasteiger partial charge in [-0.1, -0.05) is 18.2 Å². The summed E-state index contributed by atoms with van der Waals surface area (Å²) < 4.78 is 0. The van der Waals surface area contributed by atoms with E-state index in [2.05, 4.69) is 36.0 Å². The van der Waals surface area contributed by atoms with Crippen LogP contribution in [0, 0.1) is 11.8 Å². The minimum absolute atomic E-state index is 0.816. The number of fused-ring (bicyclic) bond motifs is 1. The summed E-state index contributed by atoms with van der Waals surface area (Å²) in [5.41, 5.74) is 7.33. The topological polar surface area (TPSA) is 26.0 Å². The van der Waals surface area contributed by atoms with E-state index in [-0.39, 0.29) is 0 Å². The average Bonchev–Trinajstić information content (AvgIpc) is 2.67. The molecule has 1 fully saturated rings. The highest BCUT2D eigenvalue weighted by Crippen LogP contribution is 2.44. The number of hydrogen-bond acceptors (Lipinski definition) is 2. The van der Waals surface area contributed by atoms with Crippen molar-refractivity contribution >= 4 is 11.8 Å². The monoisotopic (exact) mass is 233 g/mol. The van der Waals surface area contributed by atoms with E-state index < -0.39 is 0 Å². The molecule has 0 radical (unpaired) electrons. The third-order valence-corrected chi connectivity index (χ3v) is 5.50. The molecular weight excluding hydrogens is 214 g/mol. The molecule has 3 rings (SSSR count). The predicted octanol–water partition coefficient (Wildman–Crippen LogP) is 3.08. The fraction of sp³-hybridized carbons (Fsp3) is 0.571. The Bertz CT molecular complexity index is 350. The fourth-order valence-corrected chi connectivity index (χ4v) is 4.41. The van der Waals surface area contributed by atoms with Gasteiger partial charge >= 0.3 is 0 Å². The Labute approximate surface area is 102 Å². The van der Waals surface area contributed by atoms with Crippen LogP contribution in [0.15, 0.2) is 29.2 Å². The maximum atomic E-state index is 5.78. The molecule has 3 atom stereocenters. The number of hydrogen-bond donors (Lipinski definition) is 1. The van der Waals surface area contributed by atoms with E-state index in [9.17, 15) is 0 Å². The smallest absolute Gasteiger partial charge is 0.0138 e. The predicted molar refractivity (Wildman–Crippen MR) is 69.7 cm³/mol. The van der Waals surface area contributed by atoms with Crippen LogP contribution < -0.4 is 5.73 Å². The van der Waals surface area contributed by atoms with E-state index >= 15 is 0 Å². The van der Waals surface area contributed by atoms with Gasteiger partial charge in [-0.25, -0.2) is 0 Å². The van der Waals surface area contributed by atoms with Crippen LogP contribution in [0.2, 0.25) is 0 Å². The van der Waals surface area contributed by atoms with E-state index in [0.717, 1.165) is 23.6 Å². The minimum Gasteiger partial charge on any atom is -0.330 e. The molecule has 1 aromatic carbocycles. The second kappa shape index (κ2) is 4.42. The first-order chi connectivity index (χ1) is 7.86. The molecule has 0 aromatic heterocycles. The largest absolute Gasteiger partial charge is 0.330 e. The third kappa shape index (κ3) is 1.89. The van der Waals surface area contributed by atoms with Gasteiger partial charge in [0, 0.05) is 10.1 Å². The van der Waals surface area contributed by atoms with Crippen molar-refractivity contribution in [2.45, 2.75) is 35.8 Å². The lowest BCUT2D eigenvalue weighted by Crippen LogP contribution is -2.34. The summed E-state index contributed by atoms with van der Waals surface area (Å²) in [6.07, 6.45) is 5.43. The molecular formula is C14H19NS. The Balaban J connectivity index is 1.60. The summed E-state index contributed by atoms with van der Waals surface area (Å²) in [5.74, 6) is 1.74. The summed E-state index contributed by atoms with van der Waals surface area (Å²) >= 11 is 2.09. The van der Waals surface area contributed by atoms with Gasteiger partial charge in [0.25, 0.3) is 0 Å². The van der Waals surface area contributed by atoms with Crippen LogP contribution in [-0.4, -0.2) is 11.8 Å². The maximum absolute atomic E-state index is 5.78. The van der Waals surface area contributed by atoms with Crippen molar-refractivity contribution in [1.82, 2.24) is 0 Å². The molecule has 1 aromatic rings. The zero-order valence-corrected chi connectivity index (χ0v) is 10.4. The van der Waals surface area contributed by atoms with Crippen molar-refractivity contribution in [2.24, 2.45) is 17.6 Å². The summed E-state index contributed by atoms with van der Waals surface area (Å²) in [5, 5.41) is 0.816. The van der Waals surface area contributed by atoms with Crippen molar-refractivity contribution in [3.8, 4) is 0 Å². The van der Waals surface area contributed by atoms with Gasteiger partial charge in [-0.05, 0) is 55.7 Å². The van der Waals surface area contributed by atoms with Crippen molar-refractivity contribution < 1.29 is 0 Å². The van der Waals surface area contributed by atoms with Crippen LogP contribution in [-0.2, 0) is 6.42 Å². The molecule has 3 unspecified atom stereocenters. The molecule has 0 bridgehead atoms. The summed E-state index contributed by atoms with van der Waals surface area (Å²) in [6.45, 7) is 0.898. The second-order valence-corrected chi connectivity index (χ2v) is 6.46. The first-order valence-electron chi connectivity index (χ1n) is 6.31. The van der Waals surface area contributed by atoms with E-state index in [4.69, 9.17) is 5.73 Å². The van der Waals surface area contributed by atoms with Crippen LogP contribution in [0.1, 0.15) is 24.8 Å². The lowest BCUT2D eigenvalue weighted by Gasteiger charge is -2.37. The van der Waals surface area contributed by atoms with Gasteiger partial charge < -0.3 is 5.73 Å². The van der Waals surface area contributed by atoms with Crippen LogP contribution in [0.4, 0.5) is 0 Å². The molecule has 2 heteroatoms. The first kappa shape index (κ1) is 10.7. The number of thioether (sulfide) groups is 1. The Morgan fingerprint density at radius 3 is 2.69 bits per heavy atom. The molecule has 2 aliphatic rings. The molecule has 0 amide bonds. The standard InChI is InChI=1S/C14H19NS/c15-9-12-6-5-10(12)7-13-8-11-3-1-2-4-14(11)16-13/h1-4,10,12-13H,5-9,15H2. The number of rotatable bonds is 3. The third-order valence-electron chi connectivity index (χ3n) is 4.16. The fourth-order valence-electron chi connectivity index (χ4n) is 2.98. The molecule has 1 aliphatic carbocycles. The summed E-state index contributed by atoms with van der Waals surface area (Å²) in [7, 11) is 0. The van der Waals surface area contributed by atoms with Gasteiger partial charge in [0.15, 0.2) is 0 Å². The van der Waals surface area contributed by atoms with Gasteiger partial charge in [-0.3, -0.25) is 0 Å². The molecule has 1 aliphatic heterocycles. The normalized spacial score (nSPS) is 32.2. The maximum Gasteiger partial charge on any atom is 0.0138 e. The van der Waals surface area contributed by atoms with Crippen LogP contribution in [0.3, 0.4) is 0 Å². The van der Waals surface area contributed by atoms with Gasteiger partial charge in [0.1, 0.15) is 0 Å². The Morgan fingerprint density at radius 1 is 1.19 bits per heavy atom. The molecule has 2 N–H and O–H groups in total. The number of benzene rings is 1. The average molecular weight is 233 g/mol. The zero-order chi connectivity index (χ0) is 11.0. The highest BCUT2D eigenvalue weighted by molar-refractivity contribution is 8.00. The summed E-state index contributed by atoms with van der Waals surface area (Å²) in [6, 6.07) is 8.86. The SMILES string of the molecule is NCC1CCC1CC1Cc2ccccc2S1. The molecule has 1 saturated carbocycles. The lowest BCUT2D eigenvalue weighted by molar-refractivity contribution is 0.171. The van der Waals surface area contributed by atoms with Crippen LogP contribution in [0.25, 0.3) is 0 Å². The molecule has 1 heterocycles. The van der Waals surface area contributed by atoms with Crippen molar-refractivity contribution in [2.75, 3.05) is 6.54 Å². The van der Waals surface area contributed by atoms with E-state index in [1.54, 1.807) is 5.56 Å². The quantitative estimate of drug-likeness (QED) is 0.868. The van der Waals surface area contributed by atoms with Gasteiger partial charge in [0.2, 0.25) is 0 Å². The number of nitrogens with two attached hydrogens (primary N) is 1. The van der Waals surface area contributed by atoms with E-state index in [0.29, 0.717) is 0 Å². The van der Waals surface area contributed by atoms with Gasteiger partial charge in [-0.2, -0.15) is 0 Å². The van der Waals surface area contributed by atoms with Gasteiger partial charge in [0.05, 0.1) is 0 Å². The molecule has 0 spiro atoms. The highest BCUT2D eigenvalue weighted by atomic mass is 32.2.